The Morgan fingerprint density at radius 1 is 1.07 bits per heavy atom. The summed E-state index contributed by atoms with van der Waals surface area (Å²) in [5.74, 6) is 2.25. The van der Waals surface area contributed by atoms with E-state index in [1.807, 2.05) is 42.1 Å². The summed E-state index contributed by atoms with van der Waals surface area (Å²) in [7, 11) is 0. The van der Waals surface area contributed by atoms with Gasteiger partial charge in [0.25, 0.3) is 0 Å². The molecular weight excluding hydrogens is 380 g/mol. The highest BCUT2D eigenvalue weighted by molar-refractivity contribution is 7.99. The summed E-state index contributed by atoms with van der Waals surface area (Å²) < 4.78 is 5.85. The number of carbonyl (C=O) groups excluding carboxylic acids is 1. The highest BCUT2D eigenvalue weighted by Gasteiger charge is 2.16. The second-order valence-corrected chi connectivity index (χ2v) is 7.60. The van der Waals surface area contributed by atoms with E-state index >= 15 is 0 Å². The zero-order chi connectivity index (χ0) is 18.0. The minimum Gasteiger partial charge on any atom is -0.372 e. The first-order valence-corrected chi connectivity index (χ1v) is 10.2. The zero-order valence-corrected chi connectivity index (χ0v) is 17.0. The molecule has 1 aliphatic rings. The standard InChI is InChI=1S/C21H26N2O2S.ClH/c24-21(12-20-16-26-11-10-22-20)23-13-18-8-4-5-9-19(18)15-25-14-17-6-2-1-3-7-17;/h1-9,20,22H,10-16H2,(H,23,24);1H. The van der Waals surface area contributed by atoms with Gasteiger partial charge in [-0.05, 0) is 16.7 Å². The highest BCUT2D eigenvalue weighted by atomic mass is 35.5. The van der Waals surface area contributed by atoms with Gasteiger partial charge >= 0.3 is 0 Å². The lowest BCUT2D eigenvalue weighted by Crippen LogP contribution is -2.41. The first-order valence-electron chi connectivity index (χ1n) is 9.07. The van der Waals surface area contributed by atoms with Crippen LogP contribution >= 0.6 is 24.2 Å². The Labute approximate surface area is 171 Å². The summed E-state index contributed by atoms with van der Waals surface area (Å²) in [6.07, 6.45) is 0.541. The third-order valence-corrected chi connectivity index (χ3v) is 5.52. The van der Waals surface area contributed by atoms with Gasteiger partial charge in [0.2, 0.25) is 5.91 Å². The fraction of sp³-hybridized carbons (Fsp3) is 0.381. The van der Waals surface area contributed by atoms with E-state index in [-0.39, 0.29) is 24.4 Å². The Kier molecular flexibility index (Phi) is 9.70. The first-order chi connectivity index (χ1) is 12.8. The lowest BCUT2D eigenvalue weighted by molar-refractivity contribution is -0.121. The summed E-state index contributed by atoms with van der Waals surface area (Å²) in [6.45, 7) is 2.67. The van der Waals surface area contributed by atoms with E-state index in [1.165, 1.54) is 0 Å². The van der Waals surface area contributed by atoms with Gasteiger partial charge in [0, 0.05) is 37.1 Å². The Bertz CT molecular complexity index is 694. The van der Waals surface area contributed by atoms with Crippen molar-refractivity contribution >= 4 is 30.1 Å². The Morgan fingerprint density at radius 3 is 2.56 bits per heavy atom. The molecule has 1 unspecified atom stereocenters. The molecule has 1 amide bonds. The van der Waals surface area contributed by atoms with Crippen molar-refractivity contribution in [3.05, 3.63) is 71.3 Å². The molecule has 1 saturated heterocycles. The van der Waals surface area contributed by atoms with Crippen molar-refractivity contribution in [2.75, 3.05) is 18.1 Å². The van der Waals surface area contributed by atoms with Gasteiger partial charge in [0.15, 0.2) is 0 Å². The van der Waals surface area contributed by atoms with Crippen LogP contribution in [0.2, 0.25) is 0 Å². The van der Waals surface area contributed by atoms with Crippen molar-refractivity contribution in [3.63, 3.8) is 0 Å². The average Bonchev–Trinajstić information content (AvgIpc) is 2.69. The average molecular weight is 407 g/mol. The molecule has 27 heavy (non-hydrogen) atoms. The summed E-state index contributed by atoms with van der Waals surface area (Å²) in [4.78, 5) is 12.2. The predicted octanol–water partition coefficient (Wildman–Crippen LogP) is 3.54. The molecule has 1 fully saturated rings. The predicted molar refractivity (Wildman–Crippen MR) is 114 cm³/mol. The van der Waals surface area contributed by atoms with Gasteiger partial charge < -0.3 is 15.4 Å². The molecule has 146 valence electrons. The highest BCUT2D eigenvalue weighted by Crippen LogP contribution is 2.13. The van der Waals surface area contributed by atoms with Crippen molar-refractivity contribution in [1.29, 1.82) is 0 Å². The Hall–Kier alpha value is -1.53. The maximum absolute atomic E-state index is 12.2. The van der Waals surface area contributed by atoms with Gasteiger partial charge in [-0.2, -0.15) is 11.8 Å². The van der Waals surface area contributed by atoms with Gasteiger partial charge in [-0.3, -0.25) is 4.79 Å². The van der Waals surface area contributed by atoms with Crippen molar-refractivity contribution in [3.8, 4) is 0 Å². The van der Waals surface area contributed by atoms with Crippen LogP contribution in [-0.2, 0) is 29.3 Å². The van der Waals surface area contributed by atoms with Crippen LogP contribution in [0.15, 0.2) is 54.6 Å². The van der Waals surface area contributed by atoms with E-state index in [4.69, 9.17) is 4.74 Å². The molecule has 2 aromatic carbocycles. The number of amides is 1. The molecule has 1 heterocycles. The molecule has 2 N–H and O–H groups in total. The van der Waals surface area contributed by atoms with Crippen molar-refractivity contribution in [2.24, 2.45) is 0 Å². The van der Waals surface area contributed by atoms with Crippen LogP contribution in [-0.4, -0.2) is 30.0 Å². The van der Waals surface area contributed by atoms with E-state index in [0.29, 0.717) is 26.2 Å². The molecule has 0 saturated carbocycles. The summed E-state index contributed by atoms with van der Waals surface area (Å²) in [5.41, 5.74) is 3.39. The number of thioether (sulfide) groups is 1. The molecule has 0 bridgehead atoms. The summed E-state index contributed by atoms with van der Waals surface area (Å²) in [6, 6.07) is 18.6. The van der Waals surface area contributed by atoms with Crippen LogP contribution in [0.5, 0.6) is 0 Å². The molecular formula is C21H27ClN2O2S. The van der Waals surface area contributed by atoms with Crippen LogP contribution in [0.3, 0.4) is 0 Å². The molecule has 1 atom stereocenters. The second kappa shape index (κ2) is 12.0. The quantitative estimate of drug-likeness (QED) is 0.704. The third kappa shape index (κ3) is 7.54. The number of nitrogens with one attached hydrogen (secondary N) is 2. The second-order valence-electron chi connectivity index (χ2n) is 6.45. The lowest BCUT2D eigenvalue weighted by atomic mass is 10.1. The van der Waals surface area contributed by atoms with Crippen molar-refractivity contribution in [2.45, 2.75) is 32.2 Å². The fourth-order valence-electron chi connectivity index (χ4n) is 2.96. The lowest BCUT2D eigenvalue weighted by Gasteiger charge is -2.22. The largest absolute Gasteiger partial charge is 0.372 e. The van der Waals surface area contributed by atoms with Gasteiger partial charge in [0.05, 0.1) is 13.2 Å². The van der Waals surface area contributed by atoms with Gasteiger partial charge in [-0.25, -0.2) is 0 Å². The Morgan fingerprint density at radius 2 is 1.81 bits per heavy atom. The van der Waals surface area contributed by atoms with E-state index in [2.05, 4.69) is 34.9 Å². The molecule has 0 aliphatic carbocycles. The maximum Gasteiger partial charge on any atom is 0.221 e. The minimum absolute atomic E-state index is 0. The number of hydrogen-bond donors (Lipinski definition) is 2. The van der Waals surface area contributed by atoms with E-state index < -0.39 is 0 Å². The third-order valence-electron chi connectivity index (χ3n) is 4.39. The SMILES string of the molecule is Cl.O=C(CC1CSCCN1)NCc1ccccc1COCc1ccccc1. The van der Waals surface area contributed by atoms with Crippen molar-refractivity contribution in [1.82, 2.24) is 10.6 Å². The number of hydrogen-bond acceptors (Lipinski definition) is 4. The van der Waals surface area contributed by atoms with Crippen LogP contribution in [0, 0.1) is 0 Å². The summed E-state index contributed by atoms with van der Waals surface area (Å²) in [5, 5.41) is 6.45. The van der Waals surface area contributed by atoms with Crippen LogP contribution in [0.1, 0.15) is 23.1 Å². The van der Waals surface area contributed by atoms with E-state index in [1.54, 1.807) is 0 Å². The van der Waals surface area contributed by atoms with Gasteiger partial charge in [-0.15, -0.1) is 12.4 Å². The first kappa shape index (κ1) is 21.8. The molecule has 0 spiro atoms. The van der Waals surface area contributed by atoms with Gasteiger partial charge in [-0.1, -0.05) is 54.6 Å². The fourth-order valence-corrected chi connectivity index (χ4v) is 3.91. The van der Waals surface area contributed by atoms with Crippen molar-refractivity contribution < 1.29 is 9.53 Å². The molecule has 0 radical (unpaired) electrons. The maximum atomic E-state index is 12.2. The van der Waals surface area contributed by atoms with Crippen LogP contribution in [0.4, 0.5) is 0 Å². The van der Waals surface area contributed by atoms with E-state index in [0.717, 1.165) is 34.7 Å². The van der Waals surface area contributed by atoms with Gasteiger partial charge in [0.1, 0.15) is 0 Å². The molecule has 6 heteroatoms. The monoisotopic (exact) mass is 406 g/mol. The molecule has 1 aliphatic heterocycles. The number of ether oxygens (including phenoxy) is 1. The zero-order valence-electron chi connectivity index (χ0n) is 15.4. The summed E-state index contributed by atoms with van der Waals surface area (Å²) >= 11 is 1.91. The number of carbonyl (C=O) groups is 1. The molecule has 3 rings (SSSR count). The normalized spacial score (nSPS) is 16.4. The smallest absolute Gasteiger partial charge is 0.221 e. The molecule has 0 aromatic heterocycles. The van der Waals surface area contributed by atoms with Crippen LogP contribution < -0.4 is 10.6 Å². The van der Waals surface area contributed by atoms with E-state index in [9.17, 15) is 4.79 Å². The molecule has 2 aromatic rings. The number of rotatable bonds is 8. The minimum atomic E-state index is 0. The van der Waals surface area contributed by atoms with Crippen LogP contribution in [0.25, 0.3) is 0 Å². The topological polar surface area (TPSA) is 50.4 Å². The Balaban J connectivity index is 0.00000261. The molecule has 4 nitrogen and oxygen atoms in total. The number of halogens is 1. The number of benzene rings is 2.